The molecule has 2 amide bonds. The molecule has 1 aliphatic heterocycles. The van der Waals surface area contributed by atoms with Crippen LogP contribution in [0.25, 0.3) is 11.8 Å². The summed E-state index contributed by atoms with van der Waals surface area (Å²) < 4.78 is 1.87. The van der Waals surface area contributed by atoms with Gasteiger partial charge in [-0.1, -0.05) is 18.2 Å². The summed E-state index contributed by atoms with van der Waals surface area (Å²) in [6.45, 7) is 4.88. The Morgan fingerprint density at radius 2 is 1.96 bits per heavy atom. The molecular weight excluding hydrogens is 316 g/mol. The van der Waals surface area contributed by atoms with Gasteiger partial charge in [0.05, 0.1) is 17.3 Å². The number of amides is 2. The molecule has 0 saturated carbocycles. The Hall–Kier alpha value is -2.89. The highest BCUT2D eigenvalue weighted by Gasteiger charge is 2.28. The summed E-state index contributed by atoms with van der Waals surface area (Å²) in [5.41, 5.74) is 9.07. The van der Waals surface area contributed by atoms with Gasteiger partial charge >= 0.3 is 0 Å². The van der Waals surface area contributed by atoms with Crippen LogP contribution in [-0.4, -0.2) is 39.6 Å². The third-order valence-corrected chi connectivity index (χ3v) is 4.64. The van der Waals surface area contributed by atoms with Crippen molar-refractivity contribution in [3.05, 3.63) is 53.4 Å². The Morgan fingerprint density at radius 1 is 1.24 bits per heavy atom. The third-order valence-electron chi connectivity index (χ3n) is 4.64. The van der Waals surface area contributed by atoms with Crippen molar-refractivity contribution in [2.45, 2.75) is 20.3 Å². The molecule has 1 fully saturated rings. The number of carbonyl (C=O) groups excluding carboxylic acids is 2. The molecule has 130 valence electrons. The van der Waals surface area contributed by atoms with E-state index in [9.17, 15) is 9.59 Å². The predicted molar refractivity (Wildman–Crippen MR) is 96.0 cm³/mol. The van der Waals surface area contributed by atoms with Crippen molar-refractivity contribution in [1.29, 1.82) is 0 Å². The topological polar surface area (TPSA) is 81.2 Å². The Kier molecular flexibility index (Phi) is 4.70. The molecule has 1 saturated heterocycles. The first-order valence-corrected chi connectivity index (χ1v) is 8.35. The molecule has 0 bridgehead atoms. The fourth-order valence-electron chi connectivity index (χ4n) is 3.17. The van der Waals surface area contributed by atoms with Crippen molar-refractivity contribution >= 4 is 17.9 Å². The number of para-hydroxylation sites is 1. The van der Waals surface area contributed by atoms with Gasteiger partial charge in [0.25, 0.3) is 0 Å². The van der Waals surface area contributed by atoms with Crippen LogP contribution in [0, 0.1) is 19.8 Å². The smallest absolute Gasteiger partial charge is 0.246 e. The van der Waals surface area contributed by atoms with E-state index in [-0.39, 0.29) is 17.7 Å². The first kappa shape index (κ1) is 17.0. The zero-order chi connectivity index (χ0) is 18.0. The lowest BCUT2D eigenvalue weighted by atomic mass is 10.1. The summed E-state index contributed by atoms with van der Waals surface area (Å²) in [6, 6.07) is 9.88. The molecule has 1 unspecified atom stereocenters. The zero-order valence-electron chi connectivity index (χ0n) is 14.5. The highest BCUT2D eigenvalue weighted by Crippen LogP contribution is 2.20. The number of benzene rings is 1. The van der Waals surface area contributed by atoms with Gasteiger partial charge in [0.1, 0.15) is 0 Å². The number of aryl methyl sites for hydroxylation is 1. The molecule has 3 rings (SSSR count). The number of nitrogens with two attached hydrogens (primary N) is 1. The Balaban J connectivity index is 1.77. The summed E-state index contributed by atoms with van der Waals surface area (Å²) in [5.74, 6) is -0.674. The molecule has 6 heteroatoms. The first-order chi connectivity index (χ1) is 12.0. The minimum atomic E-state index is -0.338. The van der Waals surface area contributed by atoms with Crippen LogP contribution >= 0.6 is 0 Å². The Labute approximate surface area is 146 Å². The van der Waals surface area contributed by atoms with Crippen LogP contribution in [0.5, 0.6) is 0 Å². The van der Waals surface area contributed by atoms with Gasteiger partial charge in [-0.15, -0.1) is 0 Å². The SMILES string of the molecule is Cc1nn(-c2ccccc2)c(C)c1C=CC(=O)N1CCC(C(N)=O)C1. The molecular formula is C19H22N4O2. The molecule has 1 aromatic carbocycles. The fourth-order valence-corrected chi connectivity index (χ4v) is 3.17. The lowest BCUT2D eigenvalue weighted by molar-refractivity contribution is -0.125. The van der Waals surface area contributed by atoms with E-state index in [1.165, 1.54) is 0 Å². The molecule has 2 aromatic rings. The maximum Gasteiger partial charge on any atom is 0.246 e. The largest absolute Gasteiger partial charge is 0.369 e. The van der Waals surface area contributed by atoms with Crippen LogP contribution in [0.15, 0.2) is 36.4 Å². The van der Waals surface area contributed by atoms with Gasteiger partial charge in [-0.25, -0.2) is 4.68 Å². The molecule has 6 nitrogen and oxygen atoms in total. The van der Waals surface area contributed by atoms with E-state index >= 15 is 0 Å². The van der Waals surface area contributed by atoms with Gasteiger partial charge in [0.15, 0.2) is 0 Å². The molecule has 1 aromatic heterocycles. The summed E-state index contributed by atoms with van der Waals surface area (Å²) in [6.07, 6.45) is 3.99. The van der Waals surface area contributed by atoms with Crippen molar-refractivity contribution in [2.75, 3.05) is 13.1 Å². The van der Waals surface area contributed by atoms with Crippen molar-refractivity contribution in [3.8, 4) is 5.69 Å². The molecule has 0 aliphatic carbocycles. The summed E-state index contributed by atoms with van der Waals surface area (Å²) in [7, 11) is 0. The second kappa shape index (κ2) is 6.93. The zero-order valence-corrected chi connectivity index (χ0v) is 14.5. The lowest BCUT2D eigenvalue weighted by Crippen LogP contribution is -2.30. The van der Waals surface area contributed by atoms with Gasteiger partial charge in [-0.2, -0.15) is 5.10 Å². The van der Waals surface area contributed by atoms with Crippen molar-refractivity contribution in [3.63, 3.8) is 0 Å². The van der Waals surface area contributed by atoms with Gasteiger partial charge in [-0.05, 0) is 38.5 Å². The summed E-state index contributed by atoms with van der Waals surface area (Å²) in [4.78, 5) is 25.2. The third kappa shape index (κ3) is 3.47. The molecule has 0 spiro atoms. The van der Waals surface area contributed by atoms with E-state index in [0.717, 1.165) is 22.6 Å². The lowest BCUT2D eigenvalue weighted by Gasteiger charge is -2.13. The average molecular weight is 338 g/mol. The van der Waals surface area contributed by atoms with Crippen LogP contribution in [0.4, 0.5) is 0 Å². The van der Waals surface area contributed by atoms with E-state index in [0.29, 0.717) is 19.5 Å². The van der Waals surface area contributed by atoms with E-state index in [1.807, 2.05) is 48.9 Å². The van der Waals surface area contributed by atoms with Gasteiger partial charge < -0.3 is 10.6 Å². The number of hydrogen-bond acceptors (Lipinski definition) is 3. The second-order valence-corrected chi connectivity index (χ2v) is 6.34. The maximum absolute atomic E-state index is 12.3. The first-order valence-electron chi connectivity index (χ1n) is 8.35. The van der Waals surface area contributed by atoms with Crippen LogP contribution in [-0.2, 0) is 9.59 Å². The Bertz CT molecular complexity index is 823. The van der Waals surface area contributed by atoms with Crippen molar-refractivity contribution < 1.29 is 9.59 Å². The Morgan fingerprint density at radius 3 is 2.60 bits per heavy atom. The van der Waals surface area contributed by atoms with Crippen LogP contribution < -0.4 is 5.73 Å². The van der Waals surface area contributed by atoms with Crippen LogP contribution in [0.3, 0.4) is 0 Å². The van der Waals surface area contributed by atoms with Gasteiger partial charge in [-0.3, -0.25) is 9.59 Å². The number of likely N-dealkylation sites (tertiary alicyclic amines) is 1. The van der Waals surface area contributed by atoms with E-state index < -0.39 is 0 Å². The van der Waals surface area contributed by atoms with Crippen LogP contribution in [0.2, 0.25) is 0 Å². The fraction of sp³-hybridized carbons (Fsp3) is 0.316. The molecule has 1 atom stereocenters. The van der Waals surface area contributed by atoms with E-state index in [2.05, 4.69) is 5.10 Å². The molecule has 0 radical (unpaired) electrons. The number of nitrogens with zero attached hydrogens (tertiary/aromatic N) is 3. The summed E-state index contributed by atoms with van der Waals surface area (Å²) in [5, 5.41) is 4.57. The molecule has 25 heavy (non-hydrogen) atoms. The molecule has 1 aliphatic rings. The van der Waals surface area contributed by atoms with Crippen molar-refractivity contribution in [1.82, 2.24) is 14.7 Å². The van der Waals surface area contributed by atoms with Crippen molar-refractivity contribution in [2.24, 2.45) is 11.7 Å². The number of aromatic nitrogens is 2. The van der Waals surface area contributed by atoms with Gasteiger partial charge in [0.2, 0.25) is 11.8 Å². The number of carbonyl (C=O) groups is 2. The minimum Gasteiger partial charge on any atom is -0.369 e. The average Bonchev–Trinajstić information content (AvgIpc) is 3.20. The van der Waals surface area contributed by atoms with Crippen LogP contribution in [0.1, 0.15) is 23.4 Å². The highest BCUT2D eigenvalue weighted by atomic mass is 16.2. The quantitative estimate of drug-likeness (QED) is 0.864. The van der Waals surface area contributed by atoms with E-state index in [1.54, 1.807) is 17.1 Å². The van der Waals surface area contributed by atoms with Gasteiger partial charge in [0, 0.05) is 30.4 Å². The molecule has 2 N–H and O–H groups in total. The monoisotopic (exact) mass is 338 g/mol. The molecule has 2 heterocycles. The predicted octanol–water partition coefficient (Wildman–Crippen LogP) is 1.84. The second-order valence-electron chi connectivity index (χ2n) is 6.34. The standard InChI is InChI=1S/C19H22N4O2/c1-13-17(14(2)23(21-13)16-6-4-3-5-7-16)8-9-18(24)22-11-10-15(12-22)19(20)25/h3-9,15H,10-12H2,1-2H3,(H2,20,25). The number of primary amides is 1. The van der Waals surface area contributed by atoms with E-state index in [4.69, 9.17) is 5.73 Å². The highest BCUT2D eigenvalue weighted by molar-refractivity contribution is 5.93. The maximum atomic E-state index is 12.3. The number of rotatable bonds is 4. The number of hydrogen-bond donors (Lipinski definition) is 1. The minimum absolute atomic E-state index is 0.102. The summed E-state index contributed by atoms with van der Waals surface area (Å²) >= 11 is 0. The normalized spacial score (nSPS) is 17.4.